The summed E-state index contributed by atoms with van der Waals surface area (Å²) in [6.07, 6.45) is 0.589. The first-order valence-corrected chi connectivity index (χ1v) is 8.09. The van der Waals surface area contributed by atoms with Crippen LogP contribution in [0.4, 0.5) is 9.18 Å². The highest BCUT2D eigenvalue weighted by Gasteiger charge is 2.28. The summed E-state index contributed by atoms with van der Waals surface area (Å²) < 4.78 is 17.9. The number of fused-ring (bicyclic) bond motifs is 1. The minimum atomic E-state index is -0.492. The molecule has 3 rings (SSSR count). The van der Waals surface area contributed by atoms with Crippen LogP contribution in [0.5, 0.6) is 0 Å². The van der Waals surface area contributed by atoms with E-state index in [-0.39, 0.29) is 30.7 Å². The lowest BCUT2D eigenvalue weighted by Gasteiger charge is -2.27. The lowest BCUT2D eigenvalue weighted by molar-refractivity contribution is 0.0516. The first kappa shape index (κ1) is 16.9. The van der Waals surface area contributed by atoms with Crippen LogP contribution >= 0.6 is 0 Å². The van der Waals surface area contributed by atoms with Crippen LogP contribution in [-0.2, 0) is 24.2 Å². The Kier molecular flexibility index (Phi) is 4.97. The quantitative estimate of drug-likeness (QED) is 0.829. The van der Waals surface area contributed by atoms with Crippen molar-refractivity contribution < 1.29 is 18.7 Å². The van der Waals surface area contributed by atoms with Gasteiger partial charge in [0.2, 0.25) is 0 Å². The summed E-state index contributed by atoms with van der Waals surface area (Å²) in [5.74, 6) is -0.807. The van der Waals surface area contributed by atoms with Gasteiger partial charge in [-0.3, -0.25) is 5.10 Å². The van der Waals surface area contributed by atoms with E-state index in [2.05, 4.69) is 15.5 Å². The van der Waals surface area contributed by atoms with Crippen LogP contribution in [0.25, 0.3) is 0 Å². The van der Waals surface area contributed by atoms with Gasteiger partial charge < -0.3 is 15.0 Å². The fourth-order valence-electron chi connectivity index (χ4n) is 2.73. The van der Waals surface area contributed by atoms with Crippen molar-refractivity contribution in [2.45, 2.75) is 26.4 Å². The molecule has 0 saturated carbocycles. The number of aromatic nitrogens is 2. The monoisotopic (exact) mass is 346 g/mol. The van der Waals surface area contributed by atoms with Crippen LogP contribution in [0, 0.1) is 5.82 Å². The van der Waals surface area contributed by atoms with Gasteiger partial charge in [0.25, 0.3) is 0 Å². The van der Waals surface area contributed by atoms with Gasteiger partial charge in [0, 0.05) is 30.8 Å². The number of urea groups is 1. The molecule has 1 aromatic heterocycles. The molecule has 0 radical (unpaired) electrons. The van der Waals surface area contributed by atoms with Gasteiger partial charge in [-0.2, -0.15) is 5.10 Å². The summed E-state index contributed by atoms with van der Waals surface area (Å²) in [5, 5.41) is 9.66. The Morgan fingerprint density at radius 1 is 1.36 bits per heavy atom. The van der Waals surface area contributed by atoms with Crippen molar-refractivity contribution in [3.05, 3.63) is 52.6 Å². The summed E-state index contributed by atoms with van der Waals surface area (Å²) >= 11 is 0. The minimum Gasteiger partial charge on any atom is -0.461 e. The Morgan fingerprint density at radius 3 is 2.84 bits per heavy atom. The number of rotatable bonds is 4. The molecule has 0 spiro atoms. The Morgan fingerprint density at radius 2 is 2.12 bits per heavy atom. The van der Waals surface area contributed by atoms with Crippen molar-refractivity contribution >= 4 is 12.0 Å². The van der Waals surface area contributed by atoms with E-state index in [9.17, 15) is 14.0 Å². The number of esters is 1. The van der Waals surface area contributed by atoms with Crippen molar-refractivity contribution in [3.8, 4) is 0 Å². The van der Waals surface area contributed by atoms with Gasteiger partial charge in [-0.05, 0) is 24.6 Å². The standard InChI is InChI=1S/C17H19FN4O3/c1-2-25-16(23)15-13-10-22(8-7-14(13)20-21-15)17(24)19-9-11-3-5-12(18)6-4-11/h3-6H,2,7-10H2,1H3,(H,19,24)(H,20,21). The topological polar surface area (TPSA) is 87.3 Å². The Bertz CT molecular complexity index is 773. The average Bonchev–Trinajstić information content (AvgIpc) is 3.04. The number of benzene rings is 1. The Hall–Kier alpha value is -2.90. The predicted octanol–water partition coefficient (Wildman–Crippen LogP) is 1.99. The fraction of sp³-hybridized carbons (Fsp3) is 0.353. The third-order valence-electron chi connectivity index (χ3n) is 4.05. The molecule has 7 nitrogen and oxygen atoms in total. The van der Waals surface area contributed by atoms with Crippen LogP contribution in [0.15, 0.2) is 24.3 Å². The van der Waals surface area contributed by atoms with Crippen LogP contribution in [0.1, 0.15) is 34.2 Å². The van der Waals surface area contributed by atoms with Gasteiger partial charge in [0.15, 0.2) is 5.69 Å². The highest BCUT2D eigenvalue weighted by molar-refractivity contribution is 5.89. The molecule has 2 N–H and O–H groups in total. The van der Waals surface area contributed by atoms with Gasteiger partial charge in [0.1, 0.15) is 5.82 Å². The largest absolute Gasteiger partial charge is 0.461 e. The number of hydrogen-bond acceptors (Lipinski definition) is 4. The Balaban J connectivity index is 1.63. The molecule has 25 heavy (non-hydrogen) atoms. The van der Waals surface area contributed by atoms with Crippen molar-refractivity contribution in [2.24, 2.45) is 0 Å². The molecule has 0 unspecified atom stereocenters. The number of halogens is 1. The molecule has 0 saturated heterocycles. The number of ether oxygens (including phenoxy) is 1. The molecule has 2 heterocycles. The maximum atomic E-state index is 12.9. The summed E-state index contributed by atoms with van der Waals surface area (Å²) in [6, 6.07) is 5.71. The SMILES string of the molecule is CCOC(=O)c1n[nH]c2c1CN(C(=O)NCc1ccc(F)cc1)CC2. The molecular formula is C17H19FN4O3. The first-order valence-electron chi connectivity index (χ1n) is 8.09. The smallest absolute Gasteiger partial charge is 0.359 e. The van der Waals surface area contributed by atoms with Crippen molar-refractivity contribution in [3.63, 3.8) is 0 Å². The predicted molar refractivity (Wildman–Crippen MR) is 87.3 cm³/mol. The zero-order chi connectivity index (χ0) is 17.8. The first-order chi connectivity index (χ1) is 12.1. The minimum absolute atomic E-state index is 0.230. The van der Waals surface area contributed by atoms with E-state index in [1.54, 1.807) is 24.0 Å². The molecule has 1 aromatic carbocycles. The molecule has 0 aliphatic carbocycles. The third kappa shape index (κ3) is 3.78. The molecule has 0 atom stereocenters. The number of H-pyrrole nitrogens is 1. The number of hydrogen-bond donors (Lipinski definition) is 2. The van der Waals surface area contributed by atoms with Gasteiger partial charge in [-0.15, -0.1) is 0 Å². The molecule has 0 bridgehead atoms. The van der Waals surface area contributed by atoms with Gasteiger partial charge >= 0.3 is 12.0 Å². The number of nitrogens with zero attached hydrogens (tertiary/aromatic N) is 2. The molecule has 1 aliphatic rings. The second-order valence-corrected chi connectivity index (χ2v) is 5.71. The lowest BCUT2D eigenvalue weighted by Crippen LogP contribution is -2.42. The lowest BCUT2D eigenvalue weighted by atomic mass is 10.1. The molecule has 1 aliphatic heterocycles. The number of amides is 2. The highest BCUT2D eigenvalue weighted by Crippen LogP contribution is 2.21. The zero-order valence-corrected chi connectivity index (χ0v) is 13.8. The maximum absolute atomic E-state index is 12.9. The van der Waals surface area contributed by atoms with E-state index < -0.39 is 5.97 Å². The van der Waals surface area contributed by atoms with E-state index in [0.717, 1.165) is 11.3 Å². The second-order valence-electron chi connectivity index (χ2n) is 5.71. The molecule has 8 heteroatoms. The van der Waals surface area contributed by atoms with Crippen LogP contribution in [0.2, 0.25) is 0 Å². The number of carbonyl (C=O) groups is 2. The third-order valence-corrected chi connectivity index (χ3v) is 4.05. The highest BCUT2D eigenvalue weighted by atomic mass is 19.1. The molecule has 2 aromatic rings. The van der Waals surface area contributed by atoms with E-state index in [0.29, 0.717) is 25.1 Å². The van der Waals surface area contributed by atoms with E-state index >= 15 is 0 Å². The molecular weight excluding hydrogens is 327 g/mol. The normalized spacial score (nSPS) is 13.3. The number of carbonyl (C=O) groups excluding carboxylic acids is 2. The maximum Gasteiger partial charge on any atom is 0.359 e. The number of aromatic amines is 1. The second kappa shape index (κ2) is 7.33. The Labute approximate surface area is 144 Å². The van der Waals surface area contributed by atoms with Crippen LogP contribution < -0.4 is 5.32 Å². The van der Waals surface area contributed by atoms with Crippen molar-refractivity contribution in [1.82, 2.24) is 20.4 Å². The summed E-state index contributed by atoms with van der Waals surface area (Å²) in [5.41, 5.74) is 2.59. The zero-order valence-electron chi connectivity index (χ0n) is 13.8. The van der Waals surface area contributed by atoms with E-state index in [4.69, 9.17) is 4.74 Å². The molecule has 0 fully saturated rings. The summed E-state index contributed by atoms with van der Waals surface area (Å²) in [4.78, 5) is 25.9. The van der Waals surface area contributed by atoms with Crippen molar-refractivity contribution in [1.29, 1.82) is 0 Å². The van der Waals surface area contributed by atoms with Crippen LogP contribution in [0.3, 0.4) is 0 Å². The van der Waals surface area contributed by atoms with Gasteiger partial charge in [0.05, 0.1) is 13.2 Å². The summed E-state index contributed by atoms with van der Waals surface area (Å²) in [7, 11) is 0. The van der Waals surface area contributed by atoms with Crippen LogP contribution in [-0.4, -0.2) is 40.2 Å². The van der Waals surface area contributed by atoms with E-state index in [1.807, 2.05) is 0 Å². The number of nitrogens with one attached hydrogen (secondary N) is 2. The summed E-state index contributed by atoms with van der Waals surface area (Å²) in [6.45, 7) is 3.11. The molecule has 132 valence electrons. The fourth-order valence-corrected chi connectivity index (χ4v) is 2.73. The van der Waals surface area contributed by atoms with E-state index in [1.165, 1.54) is 12.1 Å². The van der Waals surface area contributed by atoms with Gasteiger partial charge in [-0.1, -0.05) is 12.1 Å². The average molecular weight is 346 g/mol. The van der Waals surface area contributed by atoms with Crippen molar-refractivity contribution in [2.75, 3.05) is 13.2 Å². The van der Waals surface area contributed by atoms with Gasteiger partial charge in [-0.25, -0.2) is 14.0 Å². The molecule has 2 amide bonds.